The van der Waals surface area contributed by atoms with Crippen LogP contribution < -0.4 is 0 Å². The van der Waals surface area contributed by atoms with Crippen LogP contribution in [0.1, 0.15) is 16.8 Å². The largest absolute Gasteiger partial charge is 0.337 e. The second-order valence-electron chi connectivity index (χ2n) is 7.10. The Bertz CT molecular complexity index is 963. The first kappa shape index (κ1) is 17.1. The molecule has 3 aromatic rings. The van der Waals surface area contributed by atoms with E-state index in [1.54, 1.807) is 0 Å². The molecule has 4 nitrogen and oxygen atoms in total. The second-order valence-corrected chi connectivity index (χ2v) is 7.53. The molecular formula is C21H22ClN3O. The van der Waals surface area contributed by atoms with E-state index >= 15 is 0 Å². The van der Waals surface area contributed by atoms with Gasteiger partial charge in [0, 0.05) is 47.0 Å². The van der Waals surface area contributed by atoms with Gasteiger partial charge in [-0.1, -0.05) is 17.7 Å². The monoisotopic (exact) mass is 367 g/mol. The Labute approximate surface area is 158 Å². The van der Waals surface area contributed by atoms with E-state index < -0.39 is 0 Å². The first-order valence-corrected chi connectivity index (χ1v) is 9.23. The SMILES string of the molecule is CN(C)C1CCN(C(=O)c2ccc3c(ccn3-c3cccc(Cl)c3)c2)C1. The summed E-state index contributed by atoms with van der Waals surface area (Å²) in [7, 11) is 4.15. The third kappa shape index (κ3) is 3.11. The molecule has 1 aromatic heterocycles. The molecule has 1 fully saturated rings. The summed E-state index contributed by atoms with van der Waals surface area (Å²) >= 11 is 6.12. The number of carbonyl (C=O) groups is 1. The van der Waals surface area contributed by atoms with E-state index in [-0.39, 0.29) is 5.91 Å². The highest BCUT2D eigenvalue weighted by molar-refractivity contribution is 6.30. The molecule has 1 aliphatic heterocycles. The Hall–Kier alpha value is -2.30. The van der Waals surface area contributed by atoms with Crippen molar-refractivity contribution in [2.45, 2.75) is 12.5 Å². The summed E-state index contributed by atoms with van der Waals surface area (Å²) in [4.78, 5) is 17.0. The van der Waals surface area contributed by atoms with Gasteiger partial charge in [-0.3, -0.25) is 4.79 Å². The number of nitrogens with zero attached hydrogens (tertiary/aromatic N) is 3. The Kier molecular flexibility index (Phi) is 4.47. The molecule has 1 atom stereocenters. The molecule has 5 heteroatoms. The van der Waals surface area contributed by atoms with E-state index in [0.717, 1.165) is 41.7 Å². The van der Waals surface area contributed by atoms with Crippen molar-refractivity contribution >= 4 is 28.4 Å². The fourth-order valence-electron chi connectivity index (χ4n) is 3.66. The van der Waals surface area contributed by atoms with Crippen molar-refractivity contribution in [3.8, 4) is 5.69 Å². The maximum Gasteiger partial charge on any atom is 0.253 e. The number of benzene rings is 2. The lowest BCUT2D eigenvalue weighted by Crippen LogP contribution is -2.34. The summed E-state index contributed by atoms with van der Waals surface area (Å²) in [5, 5.41) is 1.76. The van der Waals surface area contributed by atoms with Gasteiger partial charge in [-0.15, -0.1) is 0 Å². The van der Waals surface area contributed by atoms with Gasteiger partial charge < -0.3 is 14.4 Å². The van der Waals surface area contributed by atoms with Crippen molar-refractivity contribution in [2.75, 3.05) is 27.2 Å². The minimum Gasteiger partial charge on any atom is -0.337 e. The van der Waals surface area contributed by atoms with Gasteiger partial charge in [0.1, 0.15) is 0 Å². The number of hydrogen-bond acceptors (Lipinski definition) is 2. The van der Waals surface area contributed by atoms with Gasteiger partial charge in [0.2, 0.25) is 0 Å². The van der Waals surface area contributed by atoms with E-state index in [0.29, 0.717) is 11.1 Å². The van der Waals surface area contributed by atoms with E-state index in [2.05, 4.69) is 23.6 Å². The molecule has 4 rings (SSSR count). The van der Waals surface area contributed by atoms with Crippen LogP contribution in [0.15, 0.2) is 54.7 Å². The molecular weight excluding hydrogens is 346 g/mol. The van der Waals surface area contributed by atoms with Crippen molar-refractivity contribution < 1.29 is 4.79 Å². The lowest BCUT2D eigenvalue weighted by Gasteiger charge is -2.20. The number of likely N-dealkylation sites (N-methyl/N-ethyl adjacent to an activating group) is 1. The number of aromatic nitrogens is 1. The molecule has 2 aromatic carbocycles. The number of hydrogen-bond donors (Lipinski definition) is 0. The predicted molar refractivity (Wildman–Crippen MR) is 106 cm³/mol. The zero-order valence-corrected chi connectivity index (χ0v) is 15.8. The van der Waals surface area contributed by atoms with Gasteiger partial charge in [0.05, 0.1) is 5.52 Å². The minimum atomic E-state index is 0.117. The number of likely N-dealkylation sites (tertiary alicyclic amines) is 1. The molecule has 0 aliphatic carbocycles. The summed E-state index contributed by atoms with van der Waals surface area (Å²) in [6, 6.07) is 16.2. The molecule has 2 heterocycles. The second kappa shape index (κ2) is 6.78. The van der Waals surface area contributed by atoms with Crippen LogP contribution in [0.2, 0.25) is 5.02 Å². The smallest absolute Gasteiger partial charge is 0.253 e. The molecule has 0 radical (unpaired) electrons. The zero-order valence-electron chi connectivity index (χ0n) is 15.0. The van der Waals surface area contributed by atoms with Gasteiger partial charge in [-0.2, -0.15) is 0 Å². The van der Waals surface area contributed by atoms with Crippen LogP contribution >= 0.6 is 11.6 Å². The minimum absolute atomic E-state index is 0.117. The van der Waals surface area contributed by atoms with E-state index in [4.69, 9.17) is 11.6 Å². The summed E-state index contributed by atoms with van der Waals surface area (Å²) in [6.07, 6.45) is 3.05. The summed E-state index contributed by atoms with van der Waals surface area (Å²) in [5.41, 5.74) is 2.83. The molecule has 0 bridgehead atoms. The highest BCUT2D eigenvalue weighted by Crippen LogP contribution is 2.25. The standard InChI is InChI=1S/C21H22ClN3O/c1-23(2)19-9-10-24(14-19)21(26)16-6-7-20-15(12-16)8-11-25(20)18-5-3-4-17(22)13-18/h3-8,11-13,19H,9-10,14H2,1-2H3. The number of rotatable bonds is 3. The molecule has 0 N–H and O–H groups in total. The van der Waals surface area contributed by atoms with Crippen LogP contribution in [0.5, 0.6) is 0 Å². The van der Waals surface area contributed by atoms with Crippen LogP contribution in [0.4, 0.5) is 0 Å². The average molecular weight is 368 g/mol. The fraction of sp³-hybridized carbons (Fsp3) is 0.286. The molecule has 1 amide bonds. The molecule has 1 unspecified atom stereocenters. The fourth-order valence-corrected chi connectivity index (χ4v) is 3.84. The number of halogens is 1. The van der Waals surface area contributed by atoms with Crippen LogP contribution in [-0.2, 0) is 0 Å². The zero-order chi connectivity index (χ0) is 18.3. The van der Waals surface area contributed by atoms with Crippen molar-refractivity contribution in [1.29, 1.82) is 0 Å². The first-order valence-electron chi connectivity index (χ1n) is 8.86. The Morgan fingerprint density at radius 2 is 2.00 bits per heavy atom. The highest BCUT2D eigenvalue weighted by Gasteiger charge is 2.28. The molecule has 0 saturated carbocycles. The predicted octanol–water partition coefficient (Wildman–Crippen LogP) is 4.06. The first-order chi connectivity index (χ1) is 12.5. The van der Waals surface area contributed by atoms with Crippen LogP contribution in [-0.4, -0.2) is 53.5 Å². The Balaban J connectivity index is 1.62. The van der Waals surface area contributed by atoms with Crippen molar-refractivity contribution in [3.63, 3.8) is 0 Å². The number of amides is 1. The third-order valence-corrected chi connectivity index (χ3v) is 5.44. The quantitative estimate of drug-likeness (QED) is 0.698. The van der Waals surface area contributed by atoms with Gasteiger partial charge in [-0.05, 0) is 63.0 Å². The van der Waals surface area contributed by atoms with Gasteiger partial charge in [0.15, 0.2) is 0 Å². The molecule has 1 aliphatic rings. The van der Waals surface area contributed by atoms with E-state index in [1.807, 2.05) is 59.6 Å². The average Bonchev–Trinajstić information content (AvgIpc) is 3.28. The Morgan fingerprint density at radius 1 is 1.15 bits per heavy atom. The lowest BCUT2D eigenvalue weighted by molar-refractivity contribution is 0.0783. The third-order valence-electron chi connectivity index (χ3n) is 5.20. The lowest BCUT2D eigenvalue weighted by atomic mass is 10.1. The topological polar surface area (TPSA) is 28.5 Å². The Morgan fingerprint density at radius 3 is 2.73 bits per heavy atom. The number of fused-ring (bicyclic) bond motifs is 1. The van der Waals surface area contributed by atoms with Gasteiger partial charge in [0.25, 0.3) is 5.91 Å². The van der Waals surface area contributed by atoms with E-state index in [9.17, 15) is 4.79 Å². The van der Waals surface area contributed by atoms with Gasteiger partial charge >= 0.3 is 0 Å². The molecule has 0 spiro atoms. The molecule has 134 valence electrons. The summed E-state index contributed by atoms with van der Waals surface area (Å²) < 4.78 is 2.09. The highest BCUT2D eigenvalue weighted by atomic mass is 35.5. The van der Waals surface area contributed by atoms with Gasteiger partial charge in [-0.25, -0.2) is 0 Å². The van der Waals surface area contributed by atoms with Crippen molar-refractivity contribution in [1.82, 2.24) is 14.4 Å². The molecule has 26 heavy (non-hydrogen) atoms. The summed E-state index contributed by atoms with van der Waals surface area (Å²) in [5.74, 6) is 0.117. The van der Waals surface area contributed by atoms with Crippen molar-refractivity contribution in [2.24, 2.45) is 0 Å². The summed E-state index contributed by atoms with van der Waals surface area (Å²) in [6.45, 7) is 1.62. The van der Waals surface area contributed by atoms with Crippen LogP contribution in [0.3, 0.4) is 0 Å². The van der Waals surface area contributed by atoms with Crippen LogP contribution in [0, 0.1) is 0 Å². The number of carbonyl (C=O) groups excluding carboxylic acids is 1. The maximum absolute atomic E-state index is 12.9. The molecule has 1 saturated heterocycles. The van der Waals surface area contributed by atoms with Crippen LogP contribution in [0.25, 0.3) is 16.6 Å². The van der Waals surface area contributed by atoms with Crippen molar-refractivity contribution in [3.05, 3.63) is 65.3 Å². The normalized spacial score (nSPS) is 17.4. The van der Waals surface area contributed by atoms with E-state index in [1.165, 1.54) is 0 Å². The maximum atomic E-state index is 12.9.